The number of likely N-dealkylation sites (tertiary alicyclic amines) is 1. The maximum Gasteiger partial charge on any atom is 0.282 e. The summed E-state index contributed by atoms with van der Waals surface area (Å²) in [6, 6.07) is 4.76. The molecule has 1 fully saturated rings. The van der Waals surface area contributed by atoms with E-state index in [9.17, 15) is 14.9 Å². The van der Waals surface area contributed by atoms with Gasteiger partial charge in [0.15, 0.2) is 0 Å². The number of hydrogen-bond donors (Lipinski definition) is 1. The first-order chi connectivity index (χ1) is 9.45. The Hall–Kier alpha value is -1.95. The average Bonchev–Trinajstić information content (AvgIpc) is 2.79. The Balaban J connectivity index is 2.37. The van der Waals surface area contributed by atoms with E-state index in [0.717, 1.165) is 6.42 Å². The summed E-state index contributed by atoms with van der Waals surface area (Å²) < 4.78 is 0. The highest BCUT2D eigenvalue weighted by Crippen LogP contribution is 2.29. The van der Waals surface area contributed by atoms with E-state index in [2.05, 4.69) is 0 Å². The van der Waals surface area contributed by atoms with Crippen LogP contribution in [0.4, 0.5) is 5.69 Å². The Bertz CT molecular complexity index is 544. The Morgan fingerprint density at radius 2 is 2.25 bits per heavy atom. The Morgan fingerprint density at radius 1 is 1.55 bits per heavy atom. The number of benzene rings is 1. The molecule has 6 heteroatoms. The van der Waals surface area contributed by atoms with Crippen LogP contribution in [0.3, 0.4) is 0 Å². The largest absolute Gasteiger partial charge is 0.335 e. The summed E-state index contributed by atoms with van der Waals surface area (Å²) in [4.78, 5) is 25.0. The molecule has 2 rings (SSSR count). The van der Waals surface area contributed by atoms with Crippen molar-refractivity contribution >= 4 is 11.6 Å². The Labute approximate surface area is 117 Å². The predicted octanol–water partition coefficient (Wildman–Crippen LogP) is 1.71. The topological polar surface area (TPSA) is 89.5 Å². The highest BCUT2D eigenvalue weighted by molar-refractivity contribution is 5.99. The van der Waals surface area contributed by atoms with Gasteiger partial charge in [-0.1, -0.05) is 12.1 Å². The van der Waals surface area contributed by atoms with Gasteiger partial charge in [-0.15, -0.1) is 0 Å². The number of hydrogen-bond acceptors (Lipinski definition) is 4. The highest BCUT2D eigenvalue weighted by Gasteiger charge is 2.35. The molecule has 1 heterocycles. The van der Waals surface area contributed by atoms with Gasteiger partial charge < -0.3 is 10.6 Å². The number of carbonyl (C=O) groups excluding carboxylic acids is 1. The number of rotatable bonds is 3. The number of amides is 1. The molecule has 0 saturated carbocycles. The van der Waals surface area contributed by atoms with Crippen LogP contribution in [-0.4, -0.2) is 34.9 Å². The van der Waals surface area contributed by atoms with Crippen LogP contribution in [0.15, 0.2) is 18.2 Å². The van der Waals surface area contributed by atoms with Gasteiger partial charge in [-0.3, -0.25) is 14.9 Å². The normalized spacial score (nSPS) is 22.1. The molecule has 0 aliphatic carbocycles. The first kappa shape index (κ1) is 14.5. The summed E-state index contributed by atoms with van der Waals surface area (Å²) in [6.45, 7) is 4.78. The lowest BCUT2D eigenvalue weighted by molar-refractivity contribution is -0.385. The van der Waals surface area contributed by atoms with Crippen molar-refractivity contribution in [2.24, 2.45) is 11.7 Å². The smallest absolute Gasteiger partial charge is 0.282 e. The van der Waals surface area contributed by atoms with Crippen molar-refractivity contribution in [2.45, 2.75) is 26.3 Å². The summed E-state index contributed by atoms with van der Waals surface area (Å²) in [5, 5.41) is 11.1. The molecule has 0 bridgehead atoms. The zero-order valence-corrected chi connectivity index (χ0v) is 11.7. The molecule has 1 aromatic carbocycles. The second-order valence-electron chi connectivity index (χ2n) is 5.37. The molecule has 1 amide bonds. The maximum atomic E-state index is 12.6. The van der Waals surface area contributed by atoms with Crippen molar-refractivity contribution in [3.05, 3.63) is 39.4 Å². The molecule has 108 valence electrons. The molecule has 6 nitrogen and oxygen atoms in total. The van der Waals surface area contributed by atoms with Crippen molar-refractivity contribution in [3.63, 3.8) is 0 Å². The molecule has 2 N–H and O–H groups in total. The second kappa shape index (κ2) is 5.58. The molecule has 1 aliphatic heterocycles. The van der Waals surface area contributed by atoms with Crippen LogP contribution in [0, 0.1) is 23.0 Å². The van der Waals surface area contributed by atoms with Crippen LogP contribution in [0.1, 0.15) is 29.3 Å². The van der Waals surface area contributed by atoms with Gasteiger partial charge in [0.2, 0.25) is 0 Å². The zero-order valence-electron chi connectivity index (χ0n) is 11.7. The number of aryl methyl sites for hydroxylation is 1. The van der Waals surface area contributed by atoms with E-state index in [0.29, 0.717) is 18.7 Å². The lowest BCUT2D eigenvalue weighted by Gasteiger charge is -2.22. The number of nitro benzene ring substituents is 1. The molecular formula is C14H19N3O3. The van der Waals surface area contributed by atoms with Gasteiger partial charge >= 0.3 is 0 Å². The molecule has 20 heavy (non-hydrogen) atoms. The fourth-order valence-electron chi connectivity index (χ4n) is 2.82. The van der Waals surface area contributed by atoms with Gasteiger partial charge in [0.25, 0.3) is 11.6 Å². The van der Waals surface area contributed by atoms with Crippen molar-refractivity contribution in [2.75, 3.05) is 13.1 Å². The second-order valence-corrected chi connectivity index (χ2v) is 5.37. The molecule has 2 unspecified atom stereocenters. The fourth-order valence-corrected chi connectivity index (χ4v) is 2.82. The fraction of sp³-hybridized carbons (Fsp3) is 0.500. The first-order valence-corrected chi connectivity index (χ1v) is 6.70. The summed E-state index contributed by atoms with van der Waals surface area (Å²) in [6.07, 6.45) is 0.849. The van der Waals surface area contributed by atoms with E-state index in [1.807, 2.05) is 6.92 Å². The minimum atomic E-state index is -0.499. The molecule has 0 radical (unpaired) electrons. The summed E-state index contributed by atoms with van der Waals surface area (Å²) in [5.41, 5.74) is 6.36. The van der Waals surface area contributed by atoms with Gasteiger partial charge in [-0.25, -0.2) is 0 Å². The van der Waals surface area contributed by atoms with E-state index in [1.165, 1.54) is 6.07 Å². The average molecular weight is 277 g/mol. The predicted molar refractivity (Wildman–Crippen MR) is 75.5 cm³/mol. The monoisotopic (exact) mass is 277 g/mol. The van der Waals surface area contributed by atoms with Gasteiger partial charge in [0.1, 0.15) is 5.56 Å². The van der Waals surface area contributed by atoms with Crippen molar-refractivity contribution < 1.29 is 9.72 Å². The number of carbonyl (C=O) groups is 1. The quantitative estimate of drug-likeness (QED) is 0.672. The van der Waals surface area contributed by atoms with Crippen LogP contribution in [0.5, 0.6) is 0 Å². The number of nitro groups is 1. The van der Waals surface area contributed by atoms with E-state index < -0.39 is 4.92 Å². The van der Waals surface area contributed by atoms with Gasteiger partial charge in [-0.05, 0) is 38.3 Å². The van der Waals surface area contributed by atoms with Gasteiger partial charge in [0, 0.05) is 18.7 Å². The van der Waals surface area contributed by atoms with Crippen LogP contribution >= 0.6 is 0 Å². The van der Waals surface area contributed by atoms with Crippen LogP contribution in [0.25, 0.3) is 0 Å². The summed E-state index contributed by atoms with van der Waals surface area (Å²) in [5.74, 6) is 0.00951. The third-order valence-electron chi connectivity index (χ3n) is 3.92. The van der Waals surface area contributed by atoms with Crippen LogP contribution in [0.2, 0.25) is 0 Å². The molecule has 0 aromatic heterocycles. The third-order valence-corrected chi connectivity index (χ3v) is 3.92. The van der Waals surface area contributed by atoms with Crippen LogP contribution < -0.4 is 5.73 Å². The highest BCUT2D eigenvalue weighted by atomic mass is 16.6. The summed E-state index contributed by atoms with van der Waals surface area (Å²) >= 11 is 0. The lowest BCUT2D eigenvalue weighted by atomic mass is 10.0. The standard InChI is InChI=1S/C14H19N3O3/c1-9-4-3-5-12(17(19)20)13(9)14(18)16-8-11(7-15)6-10(16)2/h3-5,10-11H,6-8,15H2,1-2H3. The van der Waals surface area contributed by atoms with Crippen molar-refractivity contribution in [3.8, 4) is 0 Å². The Kier molecular flexibility index (Phi) is 4.04. The summed E-state index contributed by atoms with van der Waals surface area (Å²) in [7, 11) is 0. The van der Waals surface area contributed by atoms with E-state index in [-0.39, 0.29) is 29.1 Å². The Morgan fingerprint density at radius 3 is 2.80 bits per heavy atom. The molecular weight excluding hydrogens is 258 g/mol. The zero-order chi connectivity index (χ0) is 14.9. The van der Waals surface area contributed by atoms with Crippen LogP contribution in [-0.2, 0) is 0 Å². The molecule has 1 aromatic rings. The minimum absolute atomic E-state index is 0.0651. The third kappa shape index (κ3) is 2.51. The van der Waals surface area contributed by atoms with Gasteiger partial charge in [-0.2, -0.15) is 0 Å². The first-order valence-electron chi connectivity index (χ1n) is 6.70. The molecule has 1 saturated heterocycles. The van der Waals surface area contributed by atoms with Gasteiger partial charge in [0.05, 0.1) is 4.92 Å². The SMILES string of the molecule is Cc1cccc([N+](=O)[O-])c1C(=O)N1CC(CN)CC1C. The van der Waals surface area contributed by atoms with E-state index in [4.69, 9.17) is 5.73 Å². The van der Waals surface area contributed by atoms with Crippen molar-refractivity contribution in [1.82, 2.24) is 4.90 Å². The minimum Gasteiger partial charge on any atom is -0.335 e. The lowest BCUT2D eigenvalue weighted by Crippen LogP contribution is -2.35. The number of nitrogens with two attached hydrogens (primary N) is 1. The van der Waals surface area contributed by atoms with E-state index >= 15 is 0 Å². The maximum absolute atomic E-state index is 12.6. The number of nitrogens with zero attached hydrogens (tertiary/aromatic N) is 2. The molecule has 2 atom stereocenters. The van der Waals surface area contributed by atoms with Crippen molar-refractivity contribution in [1.29, 1.82) is 0 Å². The van der Waals surface area contributed by atoms with E-state index in [1.54, 1.807) is 24.0 Å². The molecule has 0 spiro atoms. The molecule has 1 aliphatic rings.